The van der Waals surface area contributed by atoms with E-state index in [1.165, 1.54) is 58.0 Å². The molecule has 0 aromatic carbocycles. The van der Waals surface area contributed by atoms with E-state index >= 15 is 0 Å². The van der Waals surface area contributed by atoms with Gasteiger partial charge in [-0.25, -0.2) is 0 Å². The summed E-state index contributed by atoms with van der Waals surface area (Å²) >= 11 is 0. The maximum absolute atomic E-state index is 3.53. The Labute approximate surface area is 101 Å². The van der Waals surface area contributed by atoms with E-state index in [1.54, 1.807) is 0 Å². The average Bonchev–Trinajstić information content (AvgIpc) is 3.12. The van der Waals surface area contributed by atoms with Gasteiger partial charge in [-0.05, 0) is 51.6 Å². The molecule has 1 saturated carbocycles. The molecular formula is C14H28N2. The zero-order valence-corrected chi connectivity index (χ0v) is 11.0. The Kier molecular flexibility index (Phi) is 4.66. The summed E-state index contributed by atoms with van der Waals surface area (Å²) in [6, 6.07) is 1.62. The third-order valence-corrected chi connectivity index (χ3v) is 4.46. The Morgan fingerprint density at radius 1 is 1.19 bits per heavy atom. The average molecular weight is 224 g/mol. The second kappa shape index (κ2) is 6.02. The molecule has 1 N–H and O–H groups in total. The summed E-state index contributed by atoms with van der Waals surface area (Å²) in [6.07, 6.45) is 9.98. The zero-order valence-electron chi connectivity index (χ0n) is 11.0. The van der Waals surface area contributed by atoms with Crippen LogP contribution in [0.4, 0.5) is 0 Å². The lowest BCUT2D eigenvalue weighted by Crippen LogP contribution is -2.45. The molecule has 2 fully saturated rings. The first-order valence-electron chi connectivity index (χ1n) is 7.26. The molecule has 1 heterocycles. The summed E-state index contributed by atoms with van der Waals surface area (Å²) in [5.74, 6) is 0.978. The molecule has 2 nitrogen and oxygen atoms in total. The lowest BCUT2D eigenvalue weighted by molar-refractivity contribution is 0.170. The number of likely N-dealkylation sites (N-methyl/N-ethyl adjacent to an activating group) is 1. The third-order valence-electron chi connectivity index (χ3n) is 4.46. The lowest BCUT2D eigenvalue weighted by atomic mass is 10.1. The zero-order chi connectivity index (χ0) is 11.4. The number of hydrogen-bond acceptors (Lipinski definition) is 2. The fourth-order valence-electron chi connectivity index (χ4n) is 3.17. The van der Waals surface area contributed by atoms with Gasteiger partial charge in [-0.3, -0.25) is 4.90 Å². The number of nitrogens with zero attached hydrogens (tertiary/aromatic N) is 1. The minimum Gasteiger partial charge on any atom is -0.315 e. The summed E-state index contributed by atoms with van der Waals surface area (Å²) in [5.41, 5.74) is 0. The highest BCUT2D eigenvalue weighted by Gasteiger charge is 2.32. The summed E-state index contributed by atoms with van der Waals surface area (Å²) in [5, 5.41) is 3.53. The molecular weight excluding hydrogens is 196 g/mol. The van der Waals surface area contributed by atoms with Crippen molar-refractivity contribution in [1.82, 2.24) is 10.2 Å². The predicted octanol–water partition coefficient (Wildman–Crippen LogP) is 2.64. The number of likely N-dealkylation sites (tertiary alicyclic amines) is 1. The number of rotatable bonds is 5. The highest BCUT2D eigenvalue weighted by Crippen LogP contribution is 2.33. The second-order valence-electron chi connectivity index (χ2n) is 5.64. The van der Waals surface area contributed by atoms with Gasteiger partial charge in [-0.1, -0.05) is 19.8 Å². The maximum Gasteiger partial charge on any atom is 0.0220 e. The summed E-state index contributed by atoms with van der Waals surface area (Å²) in [4.78, 5) is 2.77. The Bertz CT molecular complexity index is 201. The van der Waals surface area contributed by atoms with Gasteiger partial charge in [0, 0.05) is 18.6 Å². The molecule has 16 heavy (non-hydrogen) atoms. The van der Waals surface area contributed by atoms with Crippen LogP contribution >= 0.6 is 0 Å². The smallest absolute Gasteiger partial charge is 0.0220 e. The van der Waals surface area contributed by atoms with Gasteiger partial charge >= 0.3 is 0 Å². The van der Waals surface area contributed by atoms with Crippen molar-refractivity contribution in [2.24, 2.45) is 5.92 Å². The quantitative estimate of drug-likeness (QED) is 0.772. The molecule has 0 aromatic heterocycles. The molecule has 2 unspecified atom stereocenters. The van der Waals surface area contributed by atoms with E-state index in [0.29, 0.717) is 0 Å². The highest BCUT2D eigenvalue weighted by molar-refractivity contribution is 4.89. The number of hydrogen-bond donors (Lipinski definition) is 1. The fourth-order valence-corrected chi connectivity index (χ4v) is 3.17. The van der Waals surface area contributed by atoms with Crippen molar-refractivity contribution in [1.29, 1.82) is 0 Å². The van der Waals surface area contributed by atoms with Crippen LogP contribution < -0.4 is 5.32 Å². The van der Waals surface area contributed by atoms with Crippen LogP contribution in [0.15, 0.2) is 0 Å². The highest BCUT2D eigenvalue weighted by atomic mass is 15.2. The van der Waals surface area contributed by atoms with E-state index in [4.69, 9.17) is 0 Å². The monoisotopic (exact) mass is 224 g/mol. The largest absolute Gasteiger partial charge is 0.315 e. The van der Waals surface area contributed by atoms with Gasteiger partial charge in [0.25, 0.3) is 0 Å². The van der Waals surface area contributed by atoms with Gasteiger partial charge in [-0.2, -0.15) is 0 Å². The van der Waals surface area contributed by atoms with Gasteiger partial charge in [0.2, 0.25) is 0 Å². The van der Waals surface area contributed by atoms with Gasteiger partial charge < -0.3 is 5.32 Å². The van der Waals surface area contributed by atoms with Crippen LogP contribution in [0.2, 0.25) is 0 Å². The van der Waals surface area contributed by atoms with Gasteiger partial charge in [0.1, 0.15) is 0 Å². The minimum absolute atomic E-state index is 0.757. The van der Waals surface area contributed by atoms with Crippen molar-refractivity contribution in [3.63, 3.8) is 0 Å². The fraction of sp³-hybridized carbons (Fsp3) is 1.00. The van der Waals surface area contributed by atoms with Crippen molar-refractivity contribution < 1.29 is 0 Å². The maximum atomic E-state index is 3.53. The molecule has 2 rings (SSSR count). The van der Waals surface area contributed by atoms with Gasteiger partial charge in [0.05, 0.1) is 0 Å². The molecule has 2 heteroatoms. The molecule has 1 aliphatic heterocycles. The first-order chi connectivity index (χ1) is 7.85. The van der Waals surface area contributed by atoms with E-state index in [1.807, 2.05) is 0 Å². The van der Waals surface area contributed by atoms with Crippen molar-refractivity contribution in [3.8, 4) is 0 Å². The summed E-state index contributed by atoms with van der Waals surface area (Å²) in [6.45, 7) is 4.98. The molecule has 0 spiro atoms. The van der Waals surface area contributed by atoms with E-state index < -0.39 is 0 Å². The van der Waals surface area contributed by atoms with Crippen LogP contribution in [-0.4, -0.2) is 37.1 Å². The van der Waals surface area contributed by atoms with Crippen molar-refractivity contribution in [2.75, 3.05) is 20.1 Å². The Morgan fingerprint density at radius 3 is 2.62 bits per heavy atom. The van der Waals surface area contributed by atoms with Crippen LogP contribution in [0.3, 0.4) is 0 Å². The van der Waals surface area contributed by atoms with Gasteiger partial charge in [0.15, 0.2) is 0 Å². The molecule has 94 valence electrons. The van der Waals surface area contributed by atoms with Crippen LogP contribution in [0.1, 0.15) is 51.9 Å². The van der Waals surface area contributed by atoms with E-state index in [9.17, 15) is 0 Å². The van der Waals surface area contributed by atoms with E-state index in [0.717, 1.165) is 18.0 Å². The molecule has 0 aromatic rings. The molecule has 2 aliphatic rings. The first kappa shape index (κ1) is 12.4. The van der Waals surface area contributed by atoms with E-state index in [-0.39, 0.29) is 0 Å². The minimum atomic E-state index is 0.757. The van der Waals surface area contributed by atoms with Crippen molar-refractivity contribution in [3.05, 3.63) is 0 Å². The van der Waals surface area contributed by atoms with Crippen LogP contribution in [0.25, 0.3) is 0 Å². The molecule has 0 radical (unpaired) electrons. The van der Waals surface area contributed by atoms with Crippen LogP contribution in [0, 0.1) is 5.92 Å². The second-order valence-corrected chi connectivity index (χ2v) is 5.64. The topological polar surface area (TPSA) is 15.3 Å². The number of nitrogens with one attached hydrogen (secondary N) is 1. The standard InChI is InChI=1S/C14H28N2/c1-3-13-7-5-4-6-10-16(13)11-14(15-2)12-8-9-12/h12-15H,3-11H2,1-2H3. The Hall–Kier alpha value is -0.0800. The van der Waals surface area contributed by atoms with Crippen molar-refractivity contribution in [2.45, 2.75) is 64.0 Å². The van der Waals surface area contributed by atoms with Gasteiger partial charge in [-0.15, -0.1) is 0 Å². The lowest BCUT2D eigenvalue weighted by Gasteiger charge is -2.32. The molecule has 1 aliphatic carbocycles. The summed E-state index contributed by atoms with van der Waals surface area (Å²) < 4.78 is 0. The summed E-state index contributed by atoms with van der Waals surface area (Å²) in [7, 11) is 2.14. The normalized spacial score (nSPS) is 30.0. The van der Waals surface area contributed by atoms with Crippen molar-refractivity contribution >= 4 is 0 Å². The SMILES string of the molecule is CCC1CCCCCN1CC(NC)C1CC1. The molecule has 2 atom stereocenters. The molecule has 0 amide bonds. The Balaban J connectivity index is 1.87. The van der Waals surface area contributed by atoms with Crippen LogP contribution in [0.5, 0.6) is 0 Å². The third kappa shape index (κ3) is 3.21. The molecule has 0 bridgehead atoms. The first-order valence-corrected chi connectivity index (χ1v) is 7.26. The van der Waals surface area contributed by atoms with Crippen LogP contribution in [-0.2, 0) is 0 Å². The van der Waals surface area contributed by atoms with E-state index in [2.05, 4.69) is 24.2 Å². The molecule has 1 saturated heterocycles. The predicted molar refractivity (Wildman–Crippen MR) is 69.7 cm³/mol. The Morgan fingerprint density at radius 2 is 2.00 bits per heavy atom.